The highest BCUT2D eigenvalue weighted by Gasteiger charge is 2.16. The summed E-state index contributed by atoms with van der Waals surface area (Å²) in [6, 6.07) is 4.09. The van der Waals surface area contributed by atoms with E-state index >= 15 is 0 Å². The maximum Gasteiger partial charge on any atom is 0.203 e. The van der Waals surface area contributed by atoms with E-state index in [9.17, 15) is 0 Å². The molecule has 0 spiro atoms. The van der Waals surface area contributed by atoms with Gasteiger partial charge in [-0.2, -0.15) is 0 Å². The third-order valence-electron chi connectivity index (χ3n) is 2.27. The fraction of sp³-hybridized carbons (Fsp3) is 0.222. The van der Waals surface area contributed by atoms with Crippen LogP contribution >= 0.6 is 15.9 Å². The predicted molar refractivity (Wildman–Crippen MR) is 52.1 cm³/mol. The Hall–Kier alpha value is -1.03. The molecule has 4 heteroatoms. The highest BCUT2D eigenvalue weighted by molar-refractivity contribution is 9.10. The maximum absolute atomic E-state index is 5.54. The molecule has 0 unspecified atom stereocenters. The molecule has 3 rings (SSSR count). The van der Waals surface area contributed by atoms with Gasteiger partial charge in [0.2, 0.25) is 5.88 Å². The van der Waals surface area contributed by atoms with E-state index < -0.39 is 0 Å². The Balaban J connectivity index is 2.47. The fourth-order valence-corrected chi connectivity index (χ4v) is 2.10. The summed E-state index contributed by atoms with van der Waals surface area (Å²) in [6.45, 7) is 0.777. The minimum Gasteiger partial charge on any atom is -0.478 e. The molecule has 0 amide bonds. The molecule has 0 atom stereocenters. The Morgan fingerprint density at radius 1 is 1.46 bits per heavy atom. The van der Waals surface area contributed by atoms with Gasteiger partial charge in [0.25, 0.3) is 0 Å². The molecule has 3 nitrogen and oxygen atoms in total. The molecule has 2 aromatic rings. The second-order valence-corrected chi connectivity index (χ2v) is 3.85. The molecule has 2 aromatic heterocycles. The zero-order valence-corrected chi connectivity index (χ0v) is 8.41. The molecule has 0 saturated heterocycles. The lowest BCUT2D eigenvalue weighted by atomic mass is 10.2. The van der Waals surface area contributed by atoms with E-state index in [1.807, 2.05) is 10.5 Å². The van der Waals surface area contributed by atoms with Crippen LogP contribution in [0.3, 0.4) is 0 Å². The number of pyridine rings is 1. The van der Waals surface area contributed by atoms with Crippen LogP contribution in [-0.4, -0.2) is 16.0 Å². The summed E-state index contributed by atoms with van der Waals surface area (Å²) < 4.78 is 8.48. The Labute approximate surface area is 83.5 Å². The van der Waals surface area contributed by atoms with Gasteiger partial charge in [-0.25, -0.2) is 4.98 Å². The zero-order chi connectivity index (χ0) is 8.84. The molecule has 0 aromatic carbocycles. The number of rotatable bonds is 0. The summed E-state index contributed by atoms with van der Waals surface area (Å²) in [5, 5.41) is 0. The molecule has 1 aliphatic rings. The summed E-state index contributed by atoms with van der Waals surface area (Å²) in [6.07, 6.45) is 2.78. The van der Waals surface area contributed by atoms with Gasteiger partial charge in [0, 0.05) is 12.0 Å². The molecule has 66 valence electrons. The largest absolute Gasteiger partial charge is 0.478 e. The van der Waals surface area contributed by atoms with Crippen molar-refractivity contribution in [3.05, 3.63) is 28.5 Å². The van der Waals surface area contributed by atoms with Crippen molar-refractivity contribution in [1.82, 2.24) is 9.38 Å². The average molecular weight is 239 g/mol. The summed E-state index contributed by atoms with van der Waals surface area (Å²) in [7, 11) is 0. The first-order valence-electron chi connectivity index (χ1n) is 4.14. The van der Waals surface area contributed by atoms with Crippen molar-refractivity contribution < 1.29 is 4.74 Å². The Bertz CT molecular complexity index is 478. The first-order valence-corrected chi connectivity index (χ1v) is 4.93. The Morgan fingerprint density at radius 3 is 3.31 bits per heavy atom. The summed E-state index contributed by atoms with van der Waals surface area (Å²) >= 11 is 3.44. The van der Waals surface area contributed by atoms with Gasteiger partial charge in [-0.3, -0.25) is 4.40 Å². The first kappa shape index (κ1) is 7.38. The van der Waals surface area contributed by atoms with E-state index in [-0.39, 0.29) is 0 Å². The molecule has 0 saturated carbocycles. The van der Waals surface area contributed by atoms with Crippen LogP contribution < -0.4 is 4.74 Å². The van der Waals surface area contributed by atoms with Crippen LogP contribution in [0.1, 0.15) is 5.56 Å². The molecule has 0 aliphatic carbocycles. The minimum atomic E-state index is 0.777. The van der Waals surface area contributed by atoms with Gasteiger partial charge < -0.3 is 4.74 Å². The summed E-state index contributed by atoms with van der Waals surface area (Å²) in [4.78, 5) is 4.23. The van der Waals surface area contributed by atoms with E-state index in [1.165, 1.54) is 5.56 Å². The molecule has 0 fully saturated rings. The average Bonchev–Trinajstić information content (AvgIpc) is 2.70. The van der Waals surface area contributed by atoms with Crippen LogP contribution in [0.4, 0.5) is 0 Å². The number of hydrogen-bond donors (Lipinski definition) is 0. The van der Waals surface area contributed by atoms with Crippen molar-refractivity contribution in [3.8, 4) is 5.88 Å². The lowest BCUT2D eigenvalue weighted by molar-refractivity contribution is 0.340. The Kier molecular flexibility index (Phi) is 1.41. The van der Waals surface area contributed by atoms with Crippen molar-refractivity contribution in [1.29, 1.82) is 0 Å². The SMILES string of the molecule is Brc1cnc2ccc3c(n12)OCC3. The molecular formula is C9H7BrN2O. The summed E-state index contributed by atoms with van der Waals surface area (Å²) in [5.41, 5.74) is 2.18. The number of halogens is 1. The lowest BCUT2D eigenvalue weighted by Gasteiger charge is -2.03. The van der Waals surface area contributed by atoms with Gasteiger partial charge in [-0.15, -0.1) is 0 Å². The smallest absolute Gasteiger partial charge is 0.203 e. The second-order valence-electron chi connectivity index (χ2n) is 3.04. The summed E-state index contributed by atoms with van der Waals surface area (Å²) in [5.74, 6) is 0.932. The van der Waals surface area contributed by atoms with Gasteiger partial charge in [-0.1, -0.05) is 0 Å². The third kappa shape index (κ3) is 0.920. The molecule has 0 N–H and O–H groups in total. The van der Waals surface area contributed by atoms with E-state index in [4.69, 9.17) is 4.74 Å². The third-order valence-corrected chi connectivity index (χ3v) is 2.83. The number of fused-ring (bicyclic) bond motifs is 3. The number of nitrogens with zero attached hydrogens (tertiary/aromatic N) is 2. The van der Waals surface area contributed by atoms with Crippen molar-refractivity contribution in [2.75, 3.05) is 6.61 Å². The minimum absolute atomic E-state index is 0.777. The fourth-order valence-electron chi connectivity index (χ4n) is 1.66. The van der Waals surface area contributed by atoms with Crippen molar-refractivity contribution in [3.63, 3.8) is 0 Å². The first-order chi connectivity index (χ1) is 6.36. The van der Waals surface area contributed by atoms with Crippen LogP contribution in [0.15, 0.2) is 22.9 Å². The lowest BCUT2D eigenvalue weighted by Crippen LogP contribution is -1.93. The molecule has 13 heavy (non-hydrogen) atoms. The number of hydrogen-bond acceptors (Lipinski definition) is 2. The molecule has 3 heterocycles. The van der Waals surface area contributed by atoms with E-state index in [0.717, 1.165) is 29.2 Å². The number of aromatic nitrogens is 2. The van der Waals surface area contributed by atoms with Crippen molar-refractivity contribution in [2.24, 2.45) is 0 Å². The van der Waals surface area contributed by atoms with Crippen LogP contribution in [0.2, 0.25) is 0 Å². The van der Waals surface area contributed by atoms with Gasteiger partial charge >= 0.3 is 0 Å². The van der Waals surface area contributed by atoms with Gasteiger partial charge in [0.1, 0.15) is 10.3 Å². The maximum atomic E-state index is 5.54. The predicted octanol–water partition coefficient (Wildman–Crippen LogP) is 2.03. The highest BCUT2D eigenvalue weighted by Crippen LogP contribution is 2.29. The van der Waals surface area contributed by atoms with Crippen molar-refractivity contribution >= 4 is 21.6 Å². The normalized spacial score (nSPS) is 14.5. The van der Waals surface area contributed by atoms with Crippen LogP contribution in [0.5, 0.6) is 5.88 Å². The van der Waals surface area contributed by atoms with Gasteiger partial charge in [0.15, 0.2) is 0 Å². The molecule has 0 bridgehead atoms. The van der Waals surface area contributed by atoms with Crippen LogP contribution in [0.25, 0.3) is 5.65 Å². The van der Waals surface area contributed by atoms with E-state index in [0.29, 0.717) is 0 Å². The van der Waals surface area contributed by atoms with Crippen LogP contribution in [-0.2, 0) is 6.42 Å². The molecule has 1 aliphatic heterocycles. The monoisotopic (exact) mass is 238 g/mol. The van der Waals surface area contributed by atoms with Gasteiger partial charge in [0.05, 0.1) is 12.8 Å². The highest BCUT2D eigenvalue weighted by atomic mass is 79.9. The van der Waals surface area contributed by atoms with E-state index in [2.05, 4.69) is 27.0 Å². The standard InChI is InChI=1S/C9H7BrN2O/c10-7-5-11-8-2-1-6-3-4-13-9(6)12(7)8/h1-2,5H,3-4H2. The Morgan fingerprint density at radius 2 is 2.38 bits per heavy atom. The quantitative estimate of drug-likeness (QED) is 0.703. The molecular weight excluding hydrogens is 232 g/mol. The zero-order valence-electron chi connectivity index (χ0n) is 6.83. The van der Waals surface area contributed by atoms with Crippen LogP contribution in [0, 0.1) is 0 Å². The van der Waals surface area contributed by atoms with E-state index in [1.54, 1.807) is 6.20 Å². The topological polar surface area (TPSA) is 26.5 Å². The number of ether oxygens (including phenoxy) is 1. The van der Waals surface area contributed by atoms with Gasteiger partial charge in [-0.05, 0) is 28.1 Å². The second kappa shape index (κ2) is 2.48. The molecule has 0 radical (unpaired) electrons. The number of imidazole rings is 1. The van der Waals surface area contributed by atoms with Crippen molar-refractivity contribution in [2.45, 2.75) is 6.42 Å².